The first-order valence-corrected chi connectivity index (χ1v) is 10.7. The van der Waals surface area contributed by atoms with Crippen LogP contribution in [-0.2, 0) is 17.1 Å². The first-order chi connectivity index (χ1) is 14.2. The van der Waals surface area contributed by atoms with Gasteiger partial charge in [-0.1, -0.05) is 24.8 Å². The molecule has 0 saturated heterocycles. The Morgan fingerprint density at radius 2 is 1.83 bits per heavy atom. The molecule has 0 aliphatic rings. The van der Waals surface area contributed by atoms with Gasteiger partial charge >= 0.3 is 0 Å². The largest absolute Gasteiger partial charge is 0.456 e. The standard InChI is InChI=1S/C22H23N3O4S/c1-5-30(27,28)24-17-10-11-21(29-20-9-7-6-8-15(20)2)18(13-17)16-12-19(23-3)22(26)25(4)14-16/h5-14,23-24H,1H2,2-4H3. The molecule has 156 valence electrons. The van der Waals surface area contributed by atoms with Crippen molar-refractivity contribution >= 4 is 21.4 Å². The summed E-state index contributed by atoms with van der Waals surface area (Å²) in [5.41, 5.74) is 2.84. The summed E-state index contributed by atoms with van der Waals surface area (Å²) in [6.07, 6.45) is 1.68. The van der Waals surface area contributed by atoms with Crippen LogP contribution in [0.1, 0.15) is 5.56 Å². The number of ether oxygens (including phenoxy) is 1. The zero-order valence-electron chi connectivity index (χ0n) is 17.0. The lowest BCUT2D eigenvalue weighted by atomic mass is 10.0. The average Bonchev–Trinajstić information content (AvgIpc) is 2.72. The van der Waals surface area contributed by atoms with E-state index >= 15 is 0 Å². The molecule has 0 saturated carbocycles. The molecule has 0 spiro atoms. The van der Waals surface area contributed by atoms with E-state index < -0.39 is 10.0 Å². The summed E-state index contributed by atoms with van der Waals surface area (Å²) in [4.78, 5) is 12.3. The maximum atomic E-state index is 12.3. The quantitative estimate of drug-likeness (QED) is 0.595. The van der Waals surface area contributed by atoms with Gasteiger partial charge in [0.25, 0.3) is 15.6 Å². The molecule has 30 heavy (non-hydrogen) atoms. The molecule has 2 N–H and O–H groups in total. The zero-order chi connectivity index (χ0) is 21.9. The average molecular weight is 426 g/mol. The maximum absolute atomic E-state index is 12.3. The Kier molecular flexibility index (Phi) is 5.98. The lowest BCUT2D eigenvalue weighted by Gasteiger charge is -2.16. The molecule has 7 nitrogen and oxygen atoms in total. The van der Waals surface area contributed by atoms with E-state index in [1.807, 2.05) is 31.2 Å². The number of aryl methyl sites for hydroxylation is 2. The Hall–Kier alpha value is -3.52. The molecule has 0 radical (unpaired) electrons. The minimum Gasteiger partial charge on any atom is -0.456 e. The maximum Gasteiger partial charge on any atom is 0.273 e. The summed E-state index contributed by atoms with van der Waals surface area (Å²) in [5.74, 6) is 1.20. The first kappa shape index (κ1) is 21.2. The van der Waals surface area contributed by atoms with Crippen LogP contribution in [0.4, 0.5) is 11.4 Å². The topological polar surface area (TPSA) is 89.4 Å². The minimum atomic E-state index is -3.67. The molecule has 8 heteroatoms. The number of nitrogens with one attached hydrogen (secondary N) is 2. The monoisotopic (exact) mass is 425 g/mol. The van der Waals surface area contributed by atoms with E-state index in [9.17, 15) is 13.2 Å². The van der Waals surface area contributed by atoms with Crippen LogP contribution in [0, 0.1) is 6.92 Å². The summed E-state index contributed by atoms with van der Waals surface area (Å²) in [7, 11) is -0.354. The molecule has 0 aliphatic carbocycles. The van der Waals surface area contributed by atoms with E-state index in [2.05, 4.69) is 16.6 Å². The Balaban J connectivity index is 2.18. The van der Waals surface area contributed by atoms with Crippen LogP contribution < -0.4 is 20.3 Å². The van der Waals surface area contributed by atoms with E-state index in [1.165, 1.54) is 4.57 Å². The fourth-order valence-electron chi connectivity index (χ4n) is 2.94. The fourth-order valence-corrected chi connectivity index (χ4v) is 3.48. The minimum absolute atomic E-state index is 0.175. The molecule has 0 atom stereocenters. The van der Waals surface area contributed by atoms with Gasteiger partial charge in [-0.15, -0.1) is 0 Å². The van der Waals surface area contributed by atoms with Gasteiger partial charge in [0.05, 0.1) is 0 Å². The van der Waals surface area contributed by atoms with Gasteiger partial charge < -0.3 is 14.6 Å². The number of hydrogen-bond donors (Lipinski definition) is 2. The second-order valence-corrected chi connectivity index (χ2v) is 8.33. The lowest BCUT2D eigenvalue weighted by molar-refractivity contribution is 0.480. The van der Waals surface area contributed by atoms with Crippen molar-refractivity contribution in [1.82, 2.24) is 4.57 Å². The lowest BCUT2D eigenvalue weighted by Crippen LogP contribution is -2.19. The second kappa shape index (κ2) is 8.46. The van der Waals surface area contributed by atoms with Gasteiger partial charge in [-0.25, -0.2) is 8.42 Å². The van der Waals surface area contributed by atoms with Crippen LogP contribution in [0.3, 0.4) is 0 Å². The smallest absolute Gasteiger partial charge is 0.273 e. The number of hydrogen-bond acceptors (Lipinski definition) is 5. The summed E-state index contributed by atoms with van der Waals surface area (Å²) in [6, 6.07) is 14.2. The molecule has 1 aromatic heterocycles. The third-order valence-corrected chi connectivity index (χ3v) is 5.50. The molecule has 0 amide bonds. The van der Waals surface area contributed by atoms with Gasteiger partial charge in [-0.05, 0) is 42.8 Å². The highest BCUT2D eigenvalue weighted by atomic mass is 32.2. The van der Waals surface area contributed by atoms with Gasteiger partial charge in [-0.3, -0.25) is 9.52 Å². The Morgan fingerprint density at radius 3 is 2.50 bits per heavy atom. The van der Waals surface area contributed by atoms with Gasteiger partial charge in [0.15, 0.2) is 0 Å². The van der Waals surface area contributed by atoms with Gasteiger partial charge in [-0.2, -0.15) is 0 Å². The molecule has 3 aromatic rings. The van der Waals surface area contributed by atoms with E-state index in [0.29, 0.717) is 34.0 Å². The van der Waals surface area contributed by atoms with Crippen LogP contribution in [0.2, 0.25) is 0 Å². The number of nitrogens with zero attached hydrogens (tertiary/aromatic N) is 1. The Labute approximate surface area is 175 Å². The van der Waals surface area contributed by atoms with Crippen LogP contribution in [0.25, 0.3) is 11.1 Å². The number of aromatic nitrogens is 1. The number of sulfonamides is 1. The highest BCUT2D eigenvalue weighted by Crippen LogP contribution is 2.37. The van der Waals surface area contributed by atoms with E-state index in [1.54, 1.807) is 44.6 Å². The summed E-state index contributed by atoms with van der Waals surface area (Å²) < 4.78 is 33.9. The van der Waals surface area contributed by atoms with E-state index in [4.69, 9.17) is 4.74 Å². The van der Waals surface area contributed by atoms with Crippen molar-refractivity contribution in [1.29, 1.82) is 0 Å². The summed E-state index contributed by atoms with van der Waals surface area (Å²) in [5, 5.41) is 3.73. The van der Waals surface area contributed by atoms with Crippen LogP contribution >= 0.6 is 0 Å². The molecule has 1 heterocycles. The molecular weight excluding hydrogens is 402 g/mol. The molecule has 0 aliphatic heterocycles. The van der Waals surface area contributed by atoms with E-state index in [0.717, 1.165) is 11.0 Å². The normalized spacial score (nSPS) is 11.0. The Morgan fingerprint density at radius 1 is 1.10 bits per heavy atom. The zero-order valence-corrected chi connectivity index (χ0v) is 17.8. The number of anilines is 2. The summed E-state index contributed by atoms with van der Waals surface area (Å²) >= 11 is 0. The van der Waals surface area contributed by atoms with Crippen LogP contribution in [0.15, 0.2) is 71.5 Å². The molecule has 0 unspecified atom stereocenters. The number of rotatable bonds is 7. The SMILES string of the molecule is C=CS(=O)(=O)Nc1ccc(Oc2ccccc2C)c(-c2cc(NC)c(=O)n(C)c2)c1. The van der Waals surface area contributed by atoms with Gasteiger partial charge in [0.1, 0.15) is 17.2 Å². The predicted molar refractivity (Wildman–Crippen MR) is 121 cm³/mol. The predicted octanol–water partition coefficient (Wildman–Crippen LogP) is 4.08. The van der Waals surface area contributed by atoms with E-state index in [-0.39, 0.29) is 5.56 Å². The van der Waals surface area contributed by atoms with Crippen molar-refractivity contribution in [2.24, 2.45) is 7.05 Å². The third-order valence-electron chi connectivity index (χ3n) is 4.54. The first-order valence-electron chi connectivity index (χ1n) is 9.15. The highest BCUT2D eigenvalue weighted by molar-refractivity contribution is 7.95. The fraction of sp³-hybridized carbons (Fsp3) is 0.136. The van der Waals surface area contributed by atoms with Crippen molar-refractivity contribution in [2.45, 2.75) is 6.92 Å². The molecule has 0 bridgehead atoms. The highest BCUT2D eigenvalue weighted by Gasteiger charge is 2.15. The second-order valence-electron chi connectivity index (χ2n) is 6.70. The van der Waals surface area contributed by atoms with Crippen molar-refractivity contribution in [3.05, 3.63) is 82.6 Å². The van der Waals surface area contributed by atoms with Crippen LogP contribution in [-0.4, -0.2) is 20.0 Å². The van der Waals surface area contributed by atoms with Crippen molar-refractivity contribution < 1.29 is 13.2 Å². The molecule has 0 fully saturated rings. The molecule has 3 rings (SSSR count). The van der Waals surface area contributed by atoms with Gasteiger partial charge in [0, 0.05) is 42.5 Å². The number of para-hydroxylation sites is 1. The van der Waals surface area contributed by atoms with Crippen molar-refractivity contribution in [3.8, 4) is 22.6 Å². The molecule has 2 aromatic carbocycles. The van der Waals surface area contributed by atoms with Crippen LogP contribution in [0.5, 0.6) is 11.5 Å². The third kappa shape index (κ3) is 4.55. The Bertz CT molecular complexity index is 1260. The van der Waals surface area contributed by atoms with Crippen molar-refractivity contribution in [2.75, 3.05) is 17.1 Å². The van der Waals surface area contributed by atoms with Crippen molar-refractivity contribution in [3.63, 3.8) is 0 Å². The number of pyridine rings is 1. The summed E-state index contributed by atoms with van der Waals surface area (Å²) in [6.45, 7) is 5.25. The van der Waals surface area contributed by atoms with Gasteiger partial charge in [0.2, 0.25) is 0 Å². The number of benzene rings is 2. The molecular formula is C22H23N3O4S.